The number of carbonyl (C=O) groups is 1. The van der Waals surface area contributed by atoms with E-state index in [0.29, 0.717) is 27.6 Å². The van der Waals surface area contributed by atoms with Crippen molar-refractivity contribution in [3.63, 3.8) is 0 Å². The van der Waals surface area contributed by atoms with E-state index in [1.807, 2.05) is 13.0 Å². The summed E-state index contributed by atoms with van der Waals surface area (Å²) in [7, 11) is 0. The van der Waals surface area contributed by atoms with Gasteiger partial charge in [-0.3, -0.25) is 4.79 Å². The molecule has 118 valence electrons. The van der Waals surface area contributed by atoms with Gasteiger partial charge in [-0.25, -0.2) is 9.97 Å². The Morgan fingerprint density at radius 1 is 1.43 bits per heavy atom. The third-order valence-corrected chi connectivity index (χ3v) is 4.73. The van der Waals surface area contributed by atoms with Gasteiger partial charge in [0.25, 0.3) is 0 Å². The maximum absolute atomic E-state index is 11.2. The molecule has 2 aromatic heterocycles. The zero-order chi connectivity index (χ0) is 16.4. The van der Waals surface area contributed by atoms with Gasteiger partial charge in [0.15, 0.2) is 11.2 Å². The van der Waals surface area contributed by atoms with Crippen molar-refractivity contribution in [3.05, 3.63) is 35.6 Å². The summed E-state index contributed by atoms with van der Waals surface area (Å²) in [6.07, 6.45) is 1.86. The number of carboxylic acids is 1. The van der Waals surface area contributed by atoms with Crippen molar-refractivity contribution in [3.8, 4) is 5.69 Å². The Morgan fingerprint density at radius 2 is 2.26 bits per heavy atom. The van der Waals surface area contributed by atoms with Crippen LogP contribution in [0.5, 0.6) is 0 Å². The van der Waals surface area contributed by atoms with Crippen LogP contribution >= 0.6 is 23.4 Å². The van der Waals surface area contributed by atoms with Gasteiger partial charge in [0.05, 0.1) is 5.69 Å². The van der Waals surface area contributed by atoms with Crippen molar-refractivity contribution < 1.29 is 9.90 Å². The molecule has 1 unspecified atom stereocenters. The number of hydrogen-bond donors (Lipinski definition) is 1. The molecule has 23 heavy (non-hydrogen) atoms. The van der Waals surface area contributed by atoms with Gasteiger partial charge < -0.3 is 5.11 Å². The number of rotatable bonds is 5. The van der Waals surface area contributed by atoms with Crippen LogP contribution in [0.2, 0.25) is 5.02 Å². The molecular weight excluding hydrogens is 338 g/mol. The third-order valence-electron chi connectivity index (χ3n) is 3.16. The van der Waals surface area contributed by atoms with E-state index in [1.165, 1.54) is 6.33 Å². The number of carboxylic acid groups (broad SMARTS) is 1. The largest absolute Gasteiger partial charge is 0.480 e. The van der Waals surface area contributed by atoms with Crippen molar-refractivity contribution in [1.82, 2.24) is 25.0 Å². The van der Waals surface area contributed by atoms with Crippen molar-refractivity contribution >= 4 is 40.5 Å². The van der Waals surface area contributed by atoms with Gasteiger partial charge in [-0.2, -0.15) is 4.68 Å². The van der Waals surface area contributed by atoms with E-state index in [-0.39, 0.29) is 0 Å². The van der Waals surface area contributed by atoms with Crippen LogP contribution in [-0.4, -0.2) is 41.3 Å². The molecule has 2 heterocycles. The highest BCUT2D eigenvalue weighted by Gasteiger charge is 2.21. The molecule has 0 fully saturated rings. The maximum Gasteiger partial charge on any atom is 0.317 e. The molecule has 0 amide bonds. The third kappa shape index (κ3) is 3.13. The van der Waals surface area contributed by atoms with Crippen molar-refractivity contribution in [2.24, 2.45) is 0 Å². The standard InChI is InChI=1S/C14H12ClN5O2S/c1-2-10(14(21)22)23-13-11-12(16-7-17-13)20(19-18-11)9-5-3-4-8(15)6-9/h3-7,10H,2H2,1H3,(H,21,22). The highest BCUT2D eigenvalue weighted by atomic mass is 35.5. The summed E-state index contributed by atoms with van der Waals surface area (Å²) >= 11 is 7.15. The summed E-state index contributed by atoms with van der Waals surface area (Å²) in [5.74, 6) is -0.883. The second kappa shape index (κ2) is 6.51. The van der Waals surface area contributed by atoms with Gasteiger partial charge in [-0.1, -0.05) is 41.6 Å². The molecule has 0 aliphatic heterocycles. The summed E-state index contributed by atoms with van der Waals surface area (Å²) in [5, 5.41) is 17.9. The first kappa shape index (κ1) is 15.7. The van der Waals surface area contributed by atoms with E-state index in [1.54, 1.807) is 22.9 Å². The summed E-state index contributed by atoms with van der Waals surface area (Å²) in [5.41, 5.74) is 1.70. The number of benzene rings is 1. The number of aliphatic carboxylic acids is 1. The molecule has 1 atom stereocenters. The zero-order valence-corrected chi connectivity index (χ0v) is 13.6. The molecular formula is C14H12ClN5O2S. The fourth-order valence-electron chi connectivity index (χ4n) is 2.04. The van der Waals surface area contributed by atoms with E-state index in [9.17, 15) is 9.90 Å². The molecule has 0 spiro atoms. The first-order valence-corrected chi connectivity index (χ1v) is 8.07. The minimum absolute atomic E-state index is 0.470. The van der Waals surface area contributed by atoms with Gasteiger partial charge >= 0.3 is 5.97 Å². The molecule has 1 N–H and O–H groups in total. The average Bonchev–Trinajstić information content (AvgIpc) is 2.97. The molecule has 3 rings (SSSR count). The molecule has 7 nitrogen and oxygen atoms in total. The lowest BCUT2D eigenvalue weighted by molar-refractivity contribution is -0.136. The maximum atomic E-state index is 11.2. The molecule has 0 aliphatic carbocycles. The number of fused-ring (bicyclic) bond motifs is 1. The monoisotopic (exact) mass is 349 g/mol. The Morgan fingerprint density at radius 3 is 2.96 bits per heavy atom. The van der Waals surface area contributed by atoms with Crippen LogP contribution in [0.4, 0.5) is 0 Å². The fraction of sp³-hybridized carbons (Fsp3) is 0.214. The van der Waals surface area contributed by atoms with Crippen molar-refractivity contribution in [2.75, 3.05) is 0 Å². The topological polar surface area (TPSA) is 93.8 Å². The smallest absolute Gasteiger partial charge is 0.317 e. The lowest BCUT2D eigenvalue weighted by Gasteiger charge is -2.08. The van der Waals surface area contributed by atoms with Gasteiger partial charge in [0, 0.05) is 5.02 Å². The Balaban J connectivity index is 2.05. The van der Waals surface area contributed by atoms with E-state index in [0.717, 1.165) is 17.4 Å². The van der Waals surface area contributed by atoms with Crippen LogP contribution in [0.15, 0.2) is 35.6 Å². The second-order valence-corrected chi connectivity index (χ2v) is 6.31. The quantitative estimate of drug-likeness (QED) is 0.559. The van der Waals surface area contributed by atoms with Crippen LogP contribution in [0, 0.1) is 0 Å². The van der Waals surface area contributed by atoms with Crippen LogP contribution in [-0.2, 0) is 4.79 Å². The molecule has 0 bridgehead atoms. The predicted molar refractivity (Wildman–Crippen MR) is 87.0 cm³/mol. The Hall–Kier alpha value is -2.19. The first-order chi connectivity index (χ1) is 11.1. The minimum atomic E-state index is -0.883. The highest BCUT2D eigenvalue weighted by molar-refractivity contribution is 8.00. The predicted octanol–water partition coefficient (Wildman–Crippen LogP) is 2.82. The molecule has 0 saturated carbocycles. The van der Waals surface area contributed by atoms with E-state index >= 15 is 0 Å². The van der Waals surface area contributed by atoms with E-state index in [4.69, 9.17) is 11.6 Å². The number of hydrogen-bond acceptors (Lipinski definition) is 6. The Kier molecular flexibility index (Phi) is 4.44. The zero-order valence-electron chi connectivity index (χ0n) is 12.0. The number of aromatic nitrogens is 5. The number of nitrogens with zero attached hydrogens (tertiary/aromatic N) is 5. The lowest BCUT2D eigenvalue weighted by Crippen LogP contribution is -2.15. The van der Waals surface area contributed by atoms with Crippen LogP contribution < -0.4 is 0 Å². The van der Waals surface area contributed by atoms with E-state index < -0.39 is 11.2 Å². The Bertz CT molecular complexity index is 869. The first-order valence-electron chi connectivity index (χ1n) is 6.82. The lowest BCUT2D eigenvalue weighted by atomic mass is 10.3. The summed E-state index contributed by atoms with van der Waals surface area (Å²) in [6.45, 7) is 1.81. The van der Waals surface area contributed by atoms with Gasteiger partial charge in [-0.15, -0.1) is 5.10 Å². The van der Waals surface area contributed by atoms with E-state index in [2.05, 4.69) is 20.3 Å². The summed E-state index contributed by atoms with van der Waals surface area (Å²) < 4.78 is 1.55. The van der Waals surface area contributed by atoms with Gasteiger partial charge in [-0.05, 0) is 24.6 Å². The van der Waals surface area contributed by atoms with Gasteiger partial charge in [0.1, 0.15) is 16.6 Å². The average molecular weight is 350 g/mol. The SMILES string of the molecule is CCC(Sc1ncnc2c1nnn2-c1cccc(Cl)c1)C(=O)O. The molecule has 0 saturated heterocycles. The summed E-state index contributed by atoms with van der Waals surface area (Å²) in [4.78, 5) is 19.6. The normalized spacial score (nSPS) is 12.4. The summed E-state index contributed by atoms with van der Waals surface area (Å²) in [6, 6.07) is 7.15. The molecule has 0 radical (unpaired) electrons. The fourth-order valence-corrected chi connectivity index (χ4v) is 3.11. The Labute approximate surface area is 140 Å². The molecule has 9 heteroatoms. The van der Waals surface area contributed by atoms with Crippen molar-refractivity contribution in [2.45, 2.75) is 23.6 Å². The molecule has 3 aromatic rings. The highest BCUT2D eigenvalue weighted by Crippen LogP contribution is 2.29. The number of thioether (sulfide) groups is 1. The van der Waals surface area contributed by atoms with Crippen molar-refractivity contribution in [1.29, 1.82) is 0 Å². The van der Waals surface area contributed by atoms with Gasteiger partial charge in [0.2, 0.25) is 0 Å². The molecule has 0 aliphatic rings. The second-order valence-electron chi connectivity index (χ2n) is 4.69. The molecule has 1 aromatic carbocycles. The van der Waals surface area contributed by atoms with Crippen LogP contribution in [0.25, 0.3) is 16.9 Å². The minimum Gasteiger partial charge on any atom is -0.480 e. The van der Waals surface area contributed by atoms with Crippen LogP contribution in [0.3, 0.4) is 0 Å². The van der Waals surface area contributed by atoms with Crippen LogP contribution in [0.1, 0.15) is 13.3 Å². The number of halogens is 1.